The lowest BCUT2D eigenvalue weighted by Gasteiger charge is -2.05. The van der Waals surface area contributed by atoms with Gasteiger partial charge in [-0.2, -0.15) is 0 Å². The Bertz CT molecular complexity index is 580. The number of nitrogens with zero attached hydrogens (tertiary/aromatic N) is 2. The summed E-state index contributed by atoms with van der Waals surface area (Å²) in [5.41, 5.74) is 0.940. The van der Waals surface area contributed by atoms with Crippen LogP contribution < -0.4 is 10.1 Å². The van der Waals surface area contributed by atoms with Crippen LogP contribution in [0.15, 0.2) is 30.6 Å². The molecule has 0 amide bonds. The van der Waals surface area contributed by atoms with Crippen LogP contribution in [-0.4, -0.2) is 16.0 Å². The van der Waals surface area contributed by atoms with Crippen LogP contribution in [0.25, 0.3) is 0 Å². The molecule has 3 rings (SSSR count). The van der Waals surface area contributed by atoms with E-state index in [0.29, 0.717) is 12.6 Å². The maximum absolute atomic E-state index is 13.0. The molecule has 1 fully saturated rings. The number of hydrogen-bond donors (Lipinski definition) is 1. The lowest BCUT2D eigenvalue weighted by molar-refractivity contribution is 0.431. The third-order valence-electron chi connectivity index (χ3n) is 2.90. The van der Waals surface area contributed by atoms with Crippen LogP contribution in [0.1, 0.15) is 18.4 Å². The van der Waals surface area contributed by atoms with Crippen molar-refractivity contribution < 1.29 is 13.5 Å². The molecule has 6 heteroatoms. The van der Waals surface area contributed by atoms with E-state index in [1.807, 2.05) is 0 Å². The first-order valence-corrected chi connectivity index (χ1v) is 6.37. The van der Waals surface area contributed by atoms with Gasteiger partial charge in [-0.1, -0.05) is 0 Å². The highest BCUT2D eigenvalue weighted by atomic mass is 19.1. The summed E-state index contributed by atoms with van der Waals surface area (Å²) in [7, 11) is 0. The fourth-order valence-corrected chi connectivity index (χ4v) is 1.73. The predicted octanol–water partition coefficient (Wildman–Crippen LogP) is 2.80. The zero-order valence-corrected chi connectivity index (χ0v) is 10.6. The Balaban J connectivity index is 1.64. The lowest BCUT2D eigenvalue weighted by Crippen LogP contribution is -2.15. The van der Waals surface area contributed by atoms with Gasteiger partial charge in [0, 0.05) is 48.7 Å². The van der Waals surface area contributed by atoms with Crippen LogP contribution >= 0.6 is 0 Å². The van der Waals surface area contributed by atoms with Gasteiger partial charge in [-0.25, -0.2) is 18.7 Å². The monoisotopic (exact) mass is 277 g/mol. The van der Waals surface area contributed by atoms with Gasteiger partial charge in [0.2, 0.25) is 0 Å². The number of aromatic nitrogens is 2. The number of rotatable bonds is 5. The van der Waals surface area contributed by atoms with Crippen molar-refractivity contribution in [2.45, 2.75) is 25.4 Å². The third-order valence-corrected chi connectivity index (χ3v) is 2.90. The molecular weight excluding hydrogens is 264 g/mol. The van der Waals surface area contributed by atoms with Crippen molar-refractivity contribution in [1.29, 1.82) is 0 Å². The van der Waals surface area contributed by atoms with Gasteiger partial charge in [0.05, 0.1) is 0 Å². The fraction of sp³-hybridized carbons (Fsp3) is 0.286. The van der Waals surface area contributed by atoms with E-state index in [1.165, 1.54) is 12.8 Å². The molecule has 0 bridgehead atoms. The third kappa shape index (κ3) is 3.48. The first-order chi connectivity index (χ1) is 9.69. The van der Waals surface area contributed by atoms with Crippen LogP contribution in [0.4, 0.5) is 8.78 Å². The average molecular weight is 277 g/mol. The summed E-state index contributed by atoms with van der Waals surface area (Å²) in [5.74, 6) is -1.37. The molecular formula is C14H13F2N3O. The van der Waals surface area contributed by atoms with E-state index in [9.17, 15) is 8.78 Å². The van der Waals surface area contributed by atoms with Gasteiger partial charge in [0.15, 0.2) is 0 Å². The maximum atomic E-state index is 13.0. The number of hydrogen-bond acceptors (Lipinski definition) is 4. The standard InChI is InChI=1S/C14H13F2N3O/c15-10-3-11(16)5-13(4-10)20-14-18-7-9(8-19-14)6-17-12-1-2-12/h3-5,7-8,12,17H,1-2,6H2. The molecule has 4 nitrogen and oxygen atoms in total. The molecule has 0 unspecified atom stereocenters. The minimum absolute atomic E-state index is 0.0337. The highest BCUT2D eigenvalue weighted by molar-refractivity contribution is 5.26. The second-order valence-corrected chi connectivity index (χ2v) is 4.74. The van der Waals surface area contributed by atoms with E-state index in [1.54, 1.807) is 12.4 Å². The van der Waals surface area contributed by atoms with Crippen molar-refractivity contribution in [1.82, 2.24) is 15.3 Å². The molecule has 1 aromatic carbocycles. The van der Waals surface area contributed by atoms with E-state index in [-0.39, 0.29) is 11.8 Å². The average Bonchev–Trinajstić information content (AvgIpc) is 3.21. The number of ether oxygens (including phenoxy) is 1. The number of halogens is 2. The van der Waals surface area contributed by atoms with Gasteiger partial charge in [-0.15, -0.1) is 0 Å². The fourth-order valence-electron chi connectivity index (χ4n) is 1.73. The highest BCUT2D eigenvalue weighted by Crippen LogP contribution is 2.21. The minimum Gasteiger partial charge on any atom is -0.424 e. The van der Waals surface area contributed by atoms with Crippen molar-refractivity contribution in [2.75, 3.05) is 0 Å². The van der Waals surface area contributed by atoms with Gasteiger partial charge in [0.25, 0.3) is 0 Å². The van der Waals surface area contributed by atoms with Crippen molar-refractivity contribution in [3.63, 3.8) is 0 Å². The molecule has 1 N–H and O–H groups in total. The number of benzene rings is 1. The zero-order chi connectivity index (χ0) is 13.9. The zero-order valence-electron chi connectivity index (χ0n) is 10.6. The van der Waals surface area contributed by atoms with E-state index in [2.05, 4.69) is 15.3 Å². The van der Waals surface area contributed by atoms with E-state index < -0.39 is 11.6 Å². The number of nitrogens with one attached hydrogen (secondary N) is 1. The van der Waals surface area contributed by atoms with Crippen LogP contribution in [0, 0.1) is 11.6 Å². The minimum atomic E-state index is -0.703. The normalized spacial score (nSPS) is 14.3. The Morgan fingerprint density at radius 1 is 1.10 bits per heavy atom. The molecule has 1 saturated carbocycles. The van der Waals surface area contributed by atoms with Crippen LogP contribution in [0.5, 0.6) is 11.8 Å². The Hall–Kier alpha value is -2.08. The molecule has 0 atom stereocenters. The quantitative estimate of drug-likeness (QED) is 0.913. The van der Waals surface area contributed by atoms with Crippen LogP contribution in [0.2, 0.25) is 0 Å². The summed E-state index contributed by atoms with van der Waals surface area (Å²) in [6, 6.07) is 3.61. The second kappa shape index (κ2) is 5.50. The lowest BCUT2D eigenvalue weighted by atomic mass is 10.3. The molecule has 0 radical (unpaired) electrons. The first kappa shape index (κ1) is 12.9. The van der Waals surface area contributed by atoms with Crippen molar-refractivity contribution in [2.24, 2.45) is 0 Å². The Morgan fingerprint density at radius 3 is 2.35 bits per heavy atom. The maximum Gasteiger partial charge on any atom is 0.321 e. The summed E-state index contributed by atoms with van der Waals surface area (Å²) < 4.78 is 31.2. The van der Waals surface area contributed by atoms with Gasteiger partial charge in [-0.05, 0) is 12.8 Å². The molecule has 1 heterocycles. The topological polar surface area (TPSA) is 47.0 Å². The molecule has 20 heavy (non-hydrogen) atoms. The van der Waals surface area contributed by atoms with Gasteiger partial charge in [0.1, 0.15) is 17.4 Å². The summed E-state index contributed by atoms with van der Waals surface area (Å²) in [4.78, 5) is 8.03. The van der Waals surface area contributed by atoms with E-state index >= 15 is 0 Å². The van der Waals surface area contributed by atoms with E-state index in [0.717, 1.165) is 23.8 Å². The first-order valence-electron chi connectivity index (χ1n) is 6.37. The van der Waals surface area contributed by atoms with Crippen molar-refractivity contribution >= 4 is 0 Å². The Kier molecular flexibility index (Phi) is 3.56. The molecule has 0 aliphatic heterocycles. The van der Waals surface area contributed by atoms with Gasteiger partial charge in [-0.3, -0.25) is 0 Å². The van der Waals surface area contributed by atoms with Crippen LogP contribution in [-0.2, 0) is 6.54 Å². The van der Waals surface area contributed by atoms with Crippen molar-refractivity contribution in [3.8, 4) is 11.8 Å². The smallest absolute Gasteiger partial charge is 0.321 e. The van der Waals surface area contributed by atoms with Crippen LogP contribution in [0.3, 0.4) is 0 Å². The Morgan fingerprint density at radius 2 is 1.75 bits per heavy atom. The molecule has 1 aliphatic rings. The second-order valence-electron chi connectivity index (χ2n) is 4.74. The SMILES string of the molecule is Fc1cc(F)cc(Oc2ncc(CNC3CC3)cn2)c1. The molecule has 104 valence electrons. The highest BCUT2D eigenvalue weighted by Gasteiger charge is 2.19. The van der Waals surface area contributed by atoms with Gasteiger partial charge < -0.3 is 10.1 Å². The summed E-state index contributed by atoms with van der Waals surface area (Å²) in [6.07, 6.45) is 5.70. The Labute approximate surface area is 114 Å². The van der Waals surface area contributed by atoms with Crippen molar-refractivity contribution in [3.05, 3.63) is 47.8 Å². The van der Waals surface area contributed by atoms with E-state index in [4.69, 9.17) is 4.74 Å². The molecule has 0 spiro atoms. The summed E-state index contributed by atoms with van der Waals surface area (Å²) in [5, 5.41) is 3.34. The largest absolute Gasteiger partial charge is 0.424 e. The molecule has 0 saturated heterocycles. The summed E-state index contributed by atoms with van der Waals surface area (Å²) in [6.45, 7) is 0.708. The molecule has 1 aliphatic carbocycles. The summed E-state index contributed by atoms with van der Waals surface area (Å²) >= 11 is 0. The molecule has 2 aromatic rings. The molecule has 1 aromatic heterocycles. The predicted molar refractivity (Wildman–Crippen MR) is 68.3 cm³/mol. The van der Waals surface area contributed by atoms with Gasteiger partial charge >= 0.3 is 6.01 Å².